The molecule has 0 unspecified atom stereocenters. The summed E-state index contributed by atoms with van der Waals surface area (Å²) < 4.78 is 49.2. The van der Waals surface area contributed by atoms with Crippen LogP contribution in [0.3, 0.4) is 0 Å². The second-order valence-electron chi connectivity index (χ2n) is 6.52. The van der Waals surface area contributed by atoms with Crippen molar-refractivity contribution in [1.29, 1.82) is 5.41 Å². The Balaban J connectivity index is 2.07. The summed E-state index contributed by atoms with van der Waals surface area (Å²) >= 11 is 5.88. The van der Waals surface area contributed by atoms with E-state index in [1.165, 1.54) is 18.2 Å². The van der Waals surface area contributed by atoms with E-state index in [1.807, 2.05) is 4.90 Å². The second-order valence-corrected chi connectivity index (χ2v) is 6.93. The zero-order chi connectivity index (χ0) is 23.0. The van der Waals surface area contributed by atoms with Gasteiger partial charge in [0.25, 0.3) is 0 Å². The zero-order valence-corrected chi connectivity index (χ0v) is 17.2. The van der Waals surface area contributed by atoms with Crippen molar-refractivity contribution in [1.82, 2.24) is 10.2 Å². The van der Waals surface area contributed by atoms with Gasteiger partial charge in [-0.3, -0.25) is 15.1 Å². The number of ether oxygens (including phenoxy) is 2. The van der Waals surface area contributed by atoms with Gasteiger partial charge in [0, 0.05) is 31.7 Å². The number of morpholine rings is 1. The van der Waals surface area contributed by atoms with E-state index >= 15 is 0 Å². The number of Topliss-reactive ketones (excluding diaryl/α,β-unsaturated/α-hetero) is 1. The number of halogens is 4. The third kappa shape index (κ3) is 7.23. The van der Waals surface area contributed by atoms with E-state index in [-0.39, 0.29) is 17.1 Å². The van der Waals surface area contributed by atoms with Crippen LogP contribution in [-0.4, -0.2) is 74.5 Å². The molecule has 1 fully saturated rings. The Bertz CT molecular complexity index is 855. The molecule has 1 aromatic carbocycles. The van der Waals surface area contributed by atoms with Crippen molar-refractivity contribution < 1.29 is 32.2 Å². The van der Waals surface area contributed by atoms with Crippen LogP contribution in [0.4, 0.5) is 13.2 Å². The molecule has 2 rings (SSSR count). The minimum Gasteiger partial charge on any atom is -0.454 e. The minimum atomic E-state index is -5.14. The SMILES string of the molecule is N=C(/C(C(=O)OCC(=O)c1ccccc1Cl)=C(/N)NCCN1CCOCC1)C(F)(F)F. The van der Waals surface area contributed by atoms with Gasteiger partial charge in [-0.15, -0.1) is 0 Å². The fourth-order valence-electron chi connectivity index (χ4n) is 2.72. The van der Waals surface area contributed by atoms with E-state index < -0.39 is 41.6 Å². The van der Waals surface area contributed by atoms with Gasteiger partial charge in [-0.2, -0.15) is 13.2 Å². The minimum absolute atomic E-state index is 0.0463. The second kappa shape index (κ2) is 11.1. The Morgan fingerprint density at radius 2 is 1.90 bits per heavy atom. The first-order valence-electron chi connectivity index (χ1n) is 9.26. The van der Waals surface area contributed by atoms with E-state index in [1.54, 1.807) is 6.07 Å². The molecule has 1 aromatic rings. The van der Waals surface area contributed by atoms with E-state index in [4.69, 9.17) is 32.2 Å². The molecule has 0 atom stereocenters. The highest BCUT2D eigenvalue weighted by Gasteiger charge is 2.41. The van der Waals surface area contributed by atoms with Crippen molar-refractivity contribution >= 4 is 29.1 Å². The molecule has 170 valence electrons. The maximum atomic E-state index is 13.1. The Hall–Kier alpha value is -2.63. The van der Waals surface area contributed by atoms with Crippen molar-refractivity contribution in [2.24, 2.45) is 5.73 Å². The normalized spacial score (nSPS) is 15.7. The van der Waals surface area contributed by atoms with Gasteiger partial charge in [0.1, 0.15) is 11.4 Å². The molecule has 0 spiro atoms. The molecular weight excluding hydrogens is 441 g/mol. The van der Waals surface area contributed by atoms with Crippen LogP contribution >= 0.6 is 11.6 Å². The standard InChI is InChI=1S/C19H22ClF3N4O4/c20-13-4-2-1-3-12(13)14(28)11-31-18(29)15(16(24)19(21,22)23)17(25)26-5-6-27-7-9-30-10-8-27/h1-4,24,26H,5-11,25H2/b17-15+,24-16?. The predicted octanol–water partition coefficient (Wildman–Crippen LogP) is 1.74. The highest BCUT2D eigenvalue weighted by atomic mass is 35.5. The number of hydrogen-bond acceptors (Lipinski definition) is 8. The molecule has 0 aliphatic carbocycles. The summed E-state index contributed by atoms with van der Waals surface area (Å²) in [5.41, 5.74) is 2.53. The molecule has 1 saturated heterocycles. The summed E-state index contributed by atoms with van der Waals surface area (Å²) in [4.78, 5) is 26.5. The first-order valence-corrected chi connectivity index (χ1v) is 9.63. The van der Waals surface area contributed by atoms with Crippen LogP contribution in [0.15, 0.2) is 35.7 Å². The number of nitrogens with one attached hydrogen (secondary N) is 2. The van der Waals surface area contributed by atoms with Gasteiger partial charge in [-0.1, -0.05) is 23.7 Å². The summed E-state index contributed by atoms with van der Waals surface area (Å²) in [6.45, 7) is 2.11. The summed E-state index contributed by atoms with van der Waals surface area (Å²) in [5, 5.41) is 9.96. The predicted molar refractivity (Wildman–Crippen MR) is 107 cm³/mol. The molecule has 0 radical (unpaired) electrons. The Labute approximate surface area is 181 Å². The molecule has 1 heterocycles. The summed E-state index contributed by atoms with van der Waals surface area (Å²) in [6.07, 6.45) is -5.14. The van der Waals surface area contributed by atoms with Crippen LogP contribution in [0.25, 0.3) is 0 Å². The van der Waals surface area contributed by atoms with Crippen LogP contribution < -0.4 is 11.1 Å². The van der Waals surface area contributed by atoms with Crippen LogP contribution in [0.1, 0.15) is 10.4 Å². The number of alkyl halides is 3. The van der Waals surface area contributed by atoms with Crippen molar-refractivity contribution in [2.75, 3.05) is 46.0 Å². The largest absolute Gasteiger partial charge is 0.454 e. The molecule has 0 aromatic heterocycles. The average Bonchev–Trinajstić information content (AvgIpc) is 2.72. The fourth-order valence-corrected chi connectivity index (χ4v) is 2.96. The molecule has 0 amide bonds. The molecule has 0 saturated carbocycles. The Morgan fingerprint density at radius 3 is 2.52 bits per heavy atom. The van der Waals surface area contributed by atoms with E-state index in [0.29, 0.717) is 32.8 Å². The van der Waals surface area contributed by atoms with Gasteiger partial charge in [0.2, 0.25) is 5.78 Å². The van der Waals surface area contributed by atoms with Gasteiger partial charge >= 0.3 is 12.1 Å². The fraction of sp³-hybridized carbons (Fsp3) is 0.421. The highest BCUT2D eigenvalue weighted by molar-refractivity contribution is 6.34. The van der Waals surface area contributed by atoms with Crippen LogP contribution in [0, 0.1) is 5.41 Å². The van der Waals surface area contributed by atoms with Crippen molar-refractivity contribution in [3.05, 3.63) is 46.2 Å². The number of hydrogen-bond donors (Lipinski definition) is 3. The lowest BCUT2D eigenvalue weighted by atomic mass is 10.1. The highest BCUT2D eigenvalue weighted by Crippen LogP contribution is 2.23. The Kier molecular flexibility index (Phi) is 8.84. The van der Waals surface area contributed by atoms with E-state index in [9.17, 15) is 22.8 Å². The molecule has 4 N–H and O–H groups in total. The number of nitrogens with zero attached hydrogens (tertiary/aromatic N) is 1. The van der Waals surface area contributed by atoms with Crippen LogP contribution in [0.2, 0.25) is 5.02 Å². The average molecular weight is 463 g/mol. The molecule has 8 nitrogen and oxygen atoms in total. The number of esters is 1. The number of rotatable bonds is 9. The first kappa shape index (κ1) is 24.6. The van der Waals surface area contributed by atoms with Gasteiger partial charge in [-0.05, 0) is 12.1 Å². The molecule has 0 bridgehead atoms. The third-order valence-corrected chi connectivity index (χ3v) is 4.69. The molecule has 12 heteroatoms. The van der Waals surface area contributed by atoms with Crippen molar-refractivity contribution in [3.63, 3.8) is 0 Å². The molecular formula is C19H22ClF3N4O4. The summed E-state index contributed by atoms with van der Waals surface area (Å²) in [6, 6.07) is 5.94. The monoisotopic (exact) mass is 462 g/mol. The third-order valence-electron chi connectivity index (χ3n) is 4.36. The van der Waals surface area contributed by atoms with E-state index in [2.05, 4.69) is 5.32 Å². The Morgan fingerprint density at radius 1 is 1.26 bits per heavy atom. The number of ketones is 1. The summed E-state index contributed by atoms with van der Waals surface area (Å²) in [7, 11) is 0. The maximum absolute atomic E-state index is 13.1. The number of carbonyl (C=O) groups is 2. The lowest BCUT2D eigenvalue weighted by Gasteiger charge is -2.26. The van der Waals surface area contributed by atoms with Gasteiger partial charge in [0.05, 0.1) is 18.2 Å². The van der Waals surface area contributed by atoms with Crippen LogP contribution in [0.5, 0.6) is 0 Å². The van der Waals surface area contributed by atoms with Crippen LogP contribution in [-0.2, 0) is 14.3 Å². The lowest BCUT2D eigenvalue weighted by molar-refractivity contribution is -0.138. The quantitative estimate of drug-likeness (QED) is 0.221. The summed E-state index contributed by atoms with van der Waals surface area (Å²) in [5.74, 6) is -2.92. The zero-order valence-electron chi connectivity index (χ0n) is 16.4. The molecule has 31 heavy (non-hydrogen) atoms. The topological polar surface area (TPSA) is 118 Å². The lowest BCUT2D eigenvalue weighted by Crippen LogP contribution is -2.42. The number of nitrogens with two attached hydrogens (primary N) is 1. The maximum Gasteiger partial charge on any atom is 0.433 e. The number of benzene rings is 1. The first-order chi connectivity index (χ1) is 14.6. The molecule has 1 aliphatic rings. The van der Waals surface area contributed by atoms with Crippen molar-refractivity contribution in [3.8, 4) is 0 Å². The van der Waals surface area contributed by atoms with Gasteiger partial charge in [-0.25, -0.2) is 4.79 Å². The van der Waals surface area contributed by atoms with Gasteiger partial charge < -0.3 is 20.5 Å². The molecule has 1 aliphatic heterocycles. The number of carbonyl (C=O) groups excluding carboxylic acids is 2. The van der Waals surface area contributed by atoms with Gasteiger partial charge in [0.15, 0.2) is 12.3 Å². The van der Waals surface area contributed by atoms with E-state index in [0.717, 1.165) is 0 Å². The van der Waals surface area contributed by atoms with Crippen molar-refractivity contribution in [2.45, 2.75) is 6.18 Å². The smallest absolute Gasteiger partial charge is 0.433 e.